The Morgan fingerprint density at radius 3 is 2.33 bits per heavy atom. The molecular weight excluding hydrogens is 218 g/mol. The third kappa shape index (κ3) is 3.79. The van der Waals surface area contributed by atoms with Crippen LogP contribution < -0.4 is 4.72 Å². The predicted molar refractivity (Wildman–Crippen MR) is 56.0 cm³/mol. The van der Waals surface area contributed by atoms with Crippen molar-refractivity contribution in [3.05, 3.63) is 0 Å². The molecule has 1 atom stereocenters. The molecule has 1 saturated carbocycles. The molecule has 1 rings (SSSR count). The SMILES string of the molecule is CC(C)C[C@H](NS(=O)(=O)C1CC1)C(=O)O. The van der Waals surface area contributed by atoms with E-state index in [9.17, 15) is 13.2 Å². The van der Waals surface area contributed by atoms with Crippen molar-refractivity contribution in [2.24, 2.45) is 5.92 Å². The van der Waals surface area contributed by atoms with Gasteiger partial charge in [0.25, 0.3) is 0 Å². The quantitative estimate of drug-likeness (QED) is 0.705. The van der Waals surface area contributed by atoms with Crippen molar-refractivity contribution < 1.29 is 18.3 Å². The predicted octanol–water partition coefficient (Wildman–Crippen LogP) is 0.567. The smallest absolute Gasteiger partial charge is 0.321 e. The number of carboxylic acids is 1. The summed E-state index contributed by atoms with van der Waals surface area (Å²) in [5, 5.41) is 8.49. The Labute approximate surface area is 89.9 Å². The first-order valence-corrected chi connectivity index (χ1v) is 6.61. The monoisotopic (exact) mass is 235 g/mol. The molecule has 5 nitrogen and oxygen atoms in total. The molecule has 1 aliphatic rings. The summed E-state index contributed by atoms with van der Waals surface area (Å²) >= 11 is 0. The van der Waals surface area contributed by atoms with Crippen molar-refractivity contribution in [2.45, 2.75) is 44.4 Å². The zero-order valence-electron chi connectivity index (χ0n) is 8.93. The average Bonchev–Trinajstić information content (AvgIpc) is 2.82. The highest BCUT2D eigenvalue weighted by molar-refractivity contribution is 7.90. The normalized spacial score (nSPS) is 19.1. The number of nitrogens with one attached hydrogen (secondary N) is 1. The second-order valence-electron chi connectivity index (χ2n) is 4.38. The molecule has 1 fully saturated rings. The first-order valence-electron chi connectivity index (χ1n) is 5.07. The molecule has 0 amide bonds. The number of rotatable bonds is 6. The van der Waals surface area contributed by atoms with Crippen LogP contribution in [0.25, 0.3) is 0 Å². The Hall–Kier alpha value is -0.620. The lowest BCUT2D eigenvalue weighted by Crippen LogP contribution is -2.43. The number of carbonyl (C=O) groups is 1. The summed E-state index contributed by atoms with van der Waals surface area (Å²) in [7, 11) is -3.41. The van der Waals surface area contributed by atoms with Crippen LogP contribution in [-0.4, -0.2) is 30.8 Å². The molecule has 0 bridgehead atoms. The highest BCUT2D eigenvalue weighted by Crippen LogP contribution is 2.28. The van der Waals surface area contributed by atoms with Gasteiger partial charge in [-0.15, -0.1) is 0 Å². The van der Waals surface area contributed by atoms with E-state index in [4.69, 9.17) is 5.11 Å². The van der Waals surface area contributed by atoms with Crippen LogP contribution in [0.1, 0.15) is 33.1 Å². The lowest BCUT2D eigenvalue weighted by atomic mass is 10.1. The minimum Gasteiger partial charge on any atom is -0.480 e. The van der Waals surface area contributed by atoms with Gasteiger partial charge in [-0.1, -0.05) is 13.8 Å². The first-order chi connectivity index (χ1) is 6.83. The van der Waals surface area contributed by atoms with Gasteiger partial charge in [-0.25, -0.2) is 13.1 Å². The van der Waals surface area contributed by atoms with Gasteiger partial charge in [0.15, 0.2) is 0 Å². The van der Waals surface area contributed by atoms with Crippen LogP contribution in [0.4, 0.5) is 0 Å². The van der Waals surface area contributed by atoms with Gasteiger partial charge in [0.05, 0.1) is 5.25 Å². The zero-order valence-corrected chi connectivity index (χ0v) is 9.75. The van der Waals surface area contributed by atoms with Crippen molar-refractivity contribution in [1.82, 2.24) is 4.72 Å². The number of aliphatic carboxylic acids is 1. The van der Waals surface area contributed by atoms with Gasteiger partial charge in [0, 0.05) is 0 Å². The molecule has 0 spiro atoms. The molecular formula is C9H17NO4S. The van der Waals surface area contributed by atoms with E-state index in [1.165, 1.54) is 0 Å². The number of sulfonamides is 1. The third-order valence-electron chi connectivity index (χ3n) is 2.27. The Kier molecular flexibility index (Phi) is 3.72. The molecule has 0 unspecified atom stereocenters. The van der Waals surface area contributed by atoms with Crippen molar-refractivity contribution in [3.63, 3.8) is 0 Å². The van der Waals surface area contributed by atoms with Gasteiger partial charge in [-0.05, 0) is 25.2 Å². The summed E-state index contributed by atoms with van der Waals surface area (Å²) in [5.41, 5.74) is 0. The molecule has 0 aromatic rings. The molecule has 2 N–H and O–H groups in total. The summed E-state index contributed by atoms with van der Waals surface area (Å²) in [4.78, 5) is 10.8. The van der Waals surface area contributed by atoms with Crippen molar-refractivity contribution in [1.29, 1.82) is 0 Å². The number of carboxylic acid groups (broad SMARTS) is 1. The summed E-state index contributed by atoms with van der Waals surface area (Å²) < 4.78 is 25.3. The largest absolute Gasteiger partial charge is 0.480 e. The Bertz CT molecular complexity index is 332. The van der Waals surface area contributed by atoms with Crippen LogP contribution in [0.15, 0.2) is 0 Å². The van der Waals surface area contributed by atoms with Gasteiger partial charge in [0.2, 0.25) is 10.0 Å². The van der Waals surface area contributed by atoms with Crippen LogP contribution in [0.2, 0.25) is 0 Å². The third-order valence-corrected chi connectivity index (χ3v) is 4.24. The van der Waals surface area contributed by atoms with E-state index in [-0.39, 0.29) is 11.2 Å². The van der Waals surface area contributed by atoms with Gasteiger partial charge in [0.1, 0.15) is 6.04 Å². The molecule has 88 valence electrons. The summed E-state index contributed by atoms with van der Waals surface area (Å²) in [6, 6.07) is -0.990. The van der Waals surface area contributed by atoms with Gasteiger partial charge < -0.3 is 5.11 Å². The van der Waals surface area contributed by atoms with Crippen LogP contribution in [0, 0.1) is 5.92 Å². The first kappa shape index (κ1) is 12.4. The minimum absolute atomic E-state index is 0.146. The highest BCUT2D eigenvalue weighted by Gasteiger charge is 2.38. The molecule has 1 aliphatic carbocycles. The topological polar surface area (TPSA) is 83.5 Å². The van der Waals surface area contributed by atoms with Crippen LogP contribution >= 0.6 is 0 Å². The maximum atomic E-state index is 11.5. The number of hydrogen-bond donors (Lipinski definition) is 2. The molecule has 0 aromatic carbocycles. The lowest BCUT2D eigenvalue weighted by Gasteiger charge is -2.16. The molecule has 0 aromatic heterocycles. The van der Waals surface area contributed by atoms with Crippen LogP contribution in [-0.2, 0) is 14.8 Å². The Morgan fingerprint density at radius 1 is 1.47 bits per heavy atom. The van der Waals surface area contributed by atoms with Crippen molar-refractivity contribution in [3.8, 4) is 0 Å². The van der Waals surface area contributed by atoms with E-state index in [0.717, 1.165) is 0 Å². The fourth-order valence-corrected chi connectivity index (χ4v) is 2.89. The maximum absolute atomic E-state index is 11.5. The standard InChI is InChI=1S/C9H17NO4S/c1-6(2)5-8(9(11)12)10-15(13,14)7-3-4-7/h6-8,10H,3-5H2,1-2H3,(H,11,12)/t8-/m0/s1. The van der Waals surface area contributed by atoms with E-state index in [1.54, 1.807) is 0 Å². The lowest BCUT2D eigenvalue weighted by molar-refractivity contribution is -0.139. The zero-order chi connectivity index (χ0) is 11.6. The number of hydrogen-bond acceptors (Lipinski definition) is 3. The van der Waals surface area contributed by atoms with E-state index < -0.39 is 22.0 Å². The van der Waals surface area contributed by atoms with Crippen LogP contribution in [0.5, 0.6) is 0 Å². The average molecular weight is 235 g/mol. The Balaban J connectivity index is 2.61. The second kappa shape index (κ2) is 4.49. The van der Waals surface area contributed by atoms with Gasteiger partial charge >= 0.3 is 5.97 Å². The van der Waals surface area contributed by atoms with Crippen LogP contribution in [0.3, 0.4) is 0 Å². The fourth-order valence-electron chi connectivity index (χ4n) is 1.34. The molecule has 0 radical (unpaired) electrons. The van der Waals surface area contributed by atoms with E-state index in [2.05, 4.69) is 4.72 Å². The van der Waals surface area contributed by atoms with E-state index in [0.29, 0.717) is 19.3 Å². The van der Waals surface area contributed by atoms with Gasteiger partial charge in [-0.2, -0.15) is 0 Å². The van der Waals surface area contributed by atoms with Gasteiger partial charge in [-0.3, -0.25) is 4.79 Å². The summed E-state index contributed by atoms with van der Waals surface area (Å²) in [5.74, 6) is -0.957. The Morgan fingerprint density at radius 2 is 2.00 bits per heavy atom. The molecule has 0 heterocycles. The summed E-state index contributed by atoms with van der Waals surface area (Å²) in [6.07, 6.45) is 1.61. The highest BCUT2D eigenvalue weighted by atomic mass is 32.2. The molecule has 0 saturated heterocycles. The molecule has 6 heteroatoms. The fraction of sp³-hybridized carbons (Fsp3) is 0.889. The molecule has 0 aliphatic heterocycles. The second-order valence-corrected chi connectivity index (χ2v) is 6.37. The molecule has 15 heavy (non-hydrogen) atoms. The minimum atomic E-state index is -3.41. The van der Waals surface area contributed by atoms with Crippen molar-refractivity contribution in [2.75, 3.05) is 0 Å². The van der Waals surface area contributed by atoms with E-state index in [1.807, 2.05) is 13.8 Å². The summed E-state index contributed by atoms with van der Waals surface area (Å²) in [6.45, 7) is 3.72. The van der Waals surface area contributed by atoms with E-state index >= 15 is 0 Å². The maximum Gasteiger partial charge on any atom is 0.321 e. The van der Waals surface area contributed by atoms with Crippen molar-refractivity contribution >= 4 is 16.0 Å².